The largest absolute Gasteiger partial charge is 0.459 e. The zero-order valence-corrected chi connectivity index (χ0v) is 17.8. The van der Waals surface area contributed by atoms with Crippen LogP contribution in [0.4, 0.5) is 15.2 Å². The maximum Gasteiger partial charge on any atom is 0.312 e. The van der Waals surface area contributed by atoms with E-state index < -0.39 is 5.82 Å². The van der Waals surface area contributed by atoms with Crippen molar-refractivity contribution in [2.45, 2.75) is 52.1 Å². The van der Waals surface area contributed by atoms with Crippen LogP contribution in [0.15, 0.2) is 29.6 Å². The van der Waals surface area contributed by atoms with Gasteiger partial charge in [0.25, 0.3) is 0 Å². The van der Waals surface area contributed by atoms with Crippen LogP contribution in [0.5, 0.6) is 0 Å². The number of hydrogen-bond donors (Lipinski definition) is 0. The van der Waals surface area contributed by atoms with Gasteiger partial charge in [0.05, 0.1) is 16.8 Å². The molecule has 0 spiro atoms. The highest BCUT2D eigenvalue weighted by atomic mass is 32.1. The SMILES string of the molecule is CC(=O)N(c1nc(COC(=O)C23CC4CC(CC(C4)C2)C3)cs1)c1ccccc1F. The molecule has 1 aromatic heterocycles. The lowest BCUT2D eigenvalue weighted by Crippen LogP contribution is -2.50. The number of hydrogen-bond acceptors (Lipinski definition) is 5. The second kappa shape index (κ2) is 7.45. The molecule has 1 aromatic carbocycles. The van der Waals surface area contributed by atoms with E-state index in [0.717, 1.165) is 19.3 Å². The van der Waals surface area contributed by atoms with Gasteiger partial charge >= 0.3 is 5.97 Å². The van der Waals surface area contributed by atoms with Gasteiger partial charge in [-0.1, -0.05) is 12.1 Å². The van der Waals surface area contributed by atoms with E-state index in [0.29, 0.717) is 28.6 Å². The molecule has 0 unspecified atom stereocenters. The Kier molecular flexibility index (Phi) is 4.88. The van der Waals surface area contributed by atoms with Crippen LogP contribution < -0.4 is 4.90 Å². The third-order valence-electron chi connectivity index (χ3n) is 6.96. The molecule has 2 aromatic rings. The molecule has 7 heteroatoms. The Hall–Kier alpha value is -2.28. The summed E-state index contributed by atoms with van der Waals surface area (Å²) in [5.41, 5.74) is 0.443. The number of aromatic nitrogens is 1. The average molecular weight is 429 g/mol. The molecule has 158 valence electrons. The zero-order chi connectivity index (χ0) is 20.9. The molecule has 6 rings (SSSR count). The minimum atomic E-state index is -0.488. The van der Waals surface area contributed by atoms with Crippen molar-refractivity contribution in [2.75, 3.05) is 4.90 Å². The molecule has 1 amide bonds. The fourth-order valence-corrected chi connectivity index (χ4v) is 7.02. The summed E-state index contributed by atoms with van der Waals surface area (Å²) in [4.78, 5) is 30.9. The first kappa shape index (κ1) is 19.7. The van der Waals surface area contributed by atoms with Crippen molar-refractivity contribution in [3.63, 3.8) is 0 Å². The minimum absolute atomic E-state index is 0.0834. The molecule has 0 saturated heterocycles. The van der Waals surface area contributed by atoms with Gasteiger partial charge in [-0.2, -0.15) is 0 Å². The van der Waals surface area contributed by atoms with Crippen molar-refractivity contribution >= 4 is 34.0 Å². The monoisotopic (exact) mass is 428 g/mol. The molecule has 4 bridgehead atoms. The lowest BCUT2D eigenvalue weighted by Gasteiger charge is -2.55. The second-order valence-corrected chi connectivity index (χ2v) is 10.0. The highest BCUT2D eigenvalue weighted by Gasteiger charge is 2.55. The summed E-state index contributed by atoms with van der Waals surface area (Å²) >= 11 is 1.24. The smallest absolute Gasteiger partial charge is 0.312 e. The maximum absolute atomic E-state index is 14.2. The van der Waals surface area contributed by atoms with Gasteiger partial charge in [0.1, 0.15) is 12.4 Å². The van der Waals surface area contributed by atoms with Crippen LogP contribution in [0.2, 0.25) is 0 Å². The van der Waals surface area contributed by atoms with Crippen molar-refractivity contribution in [1.82, 2.24) is 4.98 Å². The number of rotatable bonds is 5. The van der Waals surface area contributed by atoms with Crippen molar-refractivity contribution in [1.29, 1.82) is 0 Å². The van der Waals surface area contributed by atoms with E-state index in [4.69, 9.17) is 4.74 Å². The van der Waals surface area contributed by atoms with Crippen LogP contribution in [-0.4, -0.2) is 16.9 Å². The van der Waals surface area contributed by atoms with Gasteiger partial charge in [-0.3, -0.25) is 14.5 Å². The zero-order valence-electron chi connectivity index (χ0n) is 17.0. The van der Waals surface area contributed by atoms with Crippen molar-refractivity contribution < 1.29 is 18.7 Å². The highest BCUT2D eigenvalue weighted by Crippen LogP contribution is 2.60. The number of amides is 1. The lowest BCUT2D eigenvalue weighted by molar-refractivity contribution is -0.173. The molecule has 0 aliphatic heterocycles. The quantitative estimate of drug-likeness (QED) is 0.612. The van der Waals surface area contributed by atoms with Crippen molar-refractivity contribution in [2.24, 2.45) is 23.2 Å². The standard InChI is InChI=1S/C23H25FN2O3S/c1-14(27)26(20-5-3-2-4-19(20)24)22-25-18(13-30-22)12-29-21(28)23-9-15-6-16(10-23)8-17(7-15)11-23/h2-5,13,15-17H,6-12H2,1H3. The van der Waals surface area contributed by atoms with Gasteiger partial charge in [0.2, 0.25) is 5.91 Å². The number of benzene rings is 1. The Bertz CT molecular complexity index is 953. The highest BCUT2D eigenvalue weighted by molar-refractivity contribution is 7.14. The van der Waals surface area contributed by atoms with Gasteiger partial charge in [-0.25, -0.2) is 9.37 Å². The number of anilines is 2. The van der Waals surface area contributed by atoms with E-state index in [1.807, 2.05) is 0 Å². The second-order valence-electron chi connectivity index (χ2n) is 9.20. The predicted molar refractivity (Wildman–Crippen MR) is 112 cm³/mol. The van der Waals surface area contributed by atoms with Gasteiger partial charge in [0, 0.05) is 12.3 Å². The topological polar surface area (TPSA) is 59.5 Å². The number of esters is 1. The Morgan fingerprint density at radius 3 is 2.40 bits per heavy atom. The summed E-state index contributed by atoms with van der Waals surface area (Å²) < 4.78 is 19.9. The summed E-state index contributed by atoms with van der Waals surface area (Å²) in [6.07, 6.45) is 6.72. The molecule has 5 nitrogen and oxygen atoms in total. The molecule has 4 saturated carbocycles. The van der Waals surface area contributed by atoms with Crippen LogP contribution in [0.1, 0.15) is 51.1 Å². The number of ether oxygens (including phenoxy) is 1. The summed E-state index contributed by atoms with van der Waals surface area (Å²) in [7, 11) is 0. The van der Waals surface area contributed by atoms with E-state index in [9.17, 15) is 14.0 Å². The van der Waals surface area contributed by atoms with E-state index >= 15 is 0 Å². The molecule has 1 heterocycles. The predicted octanol–water partition coefficient (Wildman–Crippen LogP) is 5.23. The molecular weight excluding hydrogens is 403 g/mol. The van der Waals surface area contributed by atoms with Crippen molar-refractivity contribution in [3.8, 4) is 0 Å². The third kappa shape index (κ3) is 3.43. The van der Waals surface area contributed by atoms with Crippen LogP contribution in [0.25, 0.3) is 0 Å². The summed E-state index contributed by atoms with van der Waals surface area (Å²) in [6.45, 7) is 1.46. The molecule has 0 atom stereocenters. The molecular formula is C23H25FN2O3S. The van der Waals surface area contributed by atoms with Gasteiger partial charge in [0.15, 0.2) is 5.13 Å². The Morgan fingerprint density at radius 2 is 1.80 bits per heavy atom. The first-order chi connectivity index (χ1) is 14.4. The Morgan fingerprint density at radius 1 is 1.17 bits per heavy atom. The van der Waals surface area contributed by atoms with Gasteiger partial charge < -0.3 is 4.74 Å². The number of carbonyl (C=O) groups is 2. The molecule has 0 N–H and O–H groups in total. The lowest BCUT2D eigenvalue weighted by atomic mass is 9.49. The molecule has 4 aliphatic carbocycles. The Balaban J connectivity index is 1.29. The van der Waals surface area contributed by atoms with Crippen LogP contribution in [0, 0.1) is 29.0 Å². The van der Waals surface area contributed by atoms with E-state index in [-0.39, 0.29) is 29.6 Å². The van der Waals surface area contributed by atoms with E-state index in [1.54, 1.807) is 23.6 Å². The number of halogens is 1. The van der Waals surface area contributed by atoms with E-state index in [2.05, 4.69) is 4.98 Å². The molecule has 4 fully saturated rings. The normalized spacial score (nSPS) is 29.1. The molecule has 4 aliphatic rings. The van der Waals surface area contributed by atoms with E-state index in [1.165, 1.54) is 48.5 Å². The molecule has 0 radical (unpaired) electrons. The van der Waals surface area contributed by atoms with Crippen molar-refractivity contribution in [3.05, 3.63) is 41.2 Å². The average Bonchev–Trinajstić information content (AvgIpc) is 3.15. The number of para-hydroxylation sites is 1. The first-order valence-corrected chi connectivity index (χ1v) is 11.5. The fraction of sp³-hybridized carbons (Fsp3) is 0.522. The fourth-order valence-electron chi connectivity index (χ4n) is 6.16. The first-order valence-electron chi connectivity index (χ1n) is 10.6. The third-order valence-corrected chi connectivity index (χ3v) is 7.84. The number of thiazole rings is 1. The summed E-state index contributed by atoms with van der Waals surface area (Å²) in [5, 5.41) is 2.13. The van der Waals surface area contributed by atoms with Crippen LogP contribution in [0.3, 0.4) is 0 Å². The maximum atomic E-state index is 14.2. The minimum Gasteiger partial charge on any atom is -0.459 e. The van der Waals surface area contributed by atoms with Gasteiger partial charge in [-0.05, 0) is 68.4 Å². The number of carbonyl (C=O) groups excluding carboxylic acids is 2. The van der Waals surface area contributed by atoms with Gasteiger partial charge in [-0.15, -0.1) is 11.3 Å². The van der Waals surface area contributed by atoms with Crippen LogP contribution >= 0.6 is 11.3 Å². The summed E-state index contributed by atoms with van der Waals surface area (Å²) in [5.74, 6) is 1.14. The summed E-state index contributed by atoms with van der Waals surface area (Å²) in [6, 6.07) is 6.11. The number of nitrogens with zero attached hydrogens (tertiary/aromatic N) is 2. The van der Waals surface area contributed by atoms with Crippen LogP contribution in [-0.2, 0) is 20.9 Å². The Labute approximate surface area is 179 Å². The molecule has 30 heavy (non-hydrogen) atoms.